The highest BCUT2D eigenvalue weighted by atomic mass is 16.4. The number of imide groups is 1. The third-order valence-electron chi connectivity index (χ3n) is 6.39. The molecule has 2 aliphatic rings. The molecule has 0 radical (unpaired) electrons. The van der Waals surface area contributed by atoms with Crippen LogP contribution in [-0.2, 0) is 20.9 Å². The Hall–Kier alpha value is -3.39. The second-order valence-corrected chi connectivity index (χ2v) is 8.99. The summed E-state index contributed by atoms with van der Waals surface area (Å²) in [6.07, 6.45) is 0.136. The van der Waals surface area contributed by atoms with Gasteiger partial charge in [-0.3, -0.25) is 24.6 Å². The largest absolute Gasteiger partial charge is 0.508 e. The maximum absolute atomic E-state index is 13.5. The average molecular weight is 438 g/mol. The lowest BCUT2D eigenvalue weighted by atomic mass is 9.75. The maximum Gasteiger partial charge on any atom is 0.324 e. The fourth-order valence-electron chi connectivity index (χ4n) is 5.16. The van der Waals surface area contributed by atoms with Gasteiger partial charge in [0.15, 0.2) is 0 Å². The van der Waals surface area contributed by atoms with Crippen LogP contribution in [0.15, 0.2) is 48.5 Å². The Kier molecular flexibility index (Phi) is 5.42. The third kappa shape index (κ3) is 3.40. The van der Waals surface area contributed by atoms with E-state index in [1.807, 2.05) is 19.9 Å². The number of carbonyl (C=O) groups is 3. The van der Waals surface area contributed by atoms with E-state index in [9.17, 15) is 29.7 Å². The van der Waals surface area contributed by atoms with E-state index in [0.717, 1.165) is 16.5 Å². The molecule has 8 nitrogen and oxygen atoms in total. The van der Waals surface area contributed by atoms with E-state index in [1.54, 1.807) is 24.3 Å². The molecule has 168 valence electrons. The molecule has 0 unspecified atom stereocenters. The SMILES string of the molecule is CC(C)C[C@]1(C(=O)O)N[C@H](c2ccc(O)cc2O)[C@H]2C(=O)N(Cc3ccccc3)C(=O)[C@@H]21. The number of carboxylic acid groups (broad SMARTS) is 1. The van der Waals surface area contributed by atoms with Gasteiger partial charge in [-0.1, -0.05) is 50.2 Å². The van der Waals surface area contributed by atoms with Gasteiger partial charge >= 0.3 is 5.97 Å². The molecule has 2 fully saturated rings. The summed E-state index contributed by atoms with van der Waals surface area (Å²) in [5, 5.41) is 33.5. The highest BCUT2D eigenvalue weighted by Gasteiger charge is 2.68. The molecule has 2 heterocycles. The van der Waals surface area contributed by atoms with Crippen molar-refractivity contribution >= 4 is 17.8 Å². The van der Waals surface area contributed by atoms with Crippen molar-refractivity contribution in [2.24, 2.45) is 17.8 Å². The lowest BCUT2D eigenvalue weighted by Crippen LogP contribution is -2.56. The first-order valence-corrected chi connectivity index (χ1v) is 10.6. The van der Waals surface area contributed by atoms with E-state index in [1.165, 1.54) is 12.1 Å². The number of phenols is 2. The predicted octanol–water partition coefficient (Wildman–Crippen LogP) is 2.41. The number of amides is 2. The number of carboxylic acids is 1. The van der Waals surface area contributed by atoms with Gasteiger partial charge in [-0.2, -0.15) is 0 Å². The van der Waals surface area contributed by atoms with Gasteiger partial charge in [0.1, 0.15) is 17.0 Å². The number of nitrogens with one attached hydrogen (secondary N) is 1. The van der Waals surface area contributed by atoms with Crippen LogP contribution in [0.4, 0.5) is 0 Å². The van der Waals surface area contributed by atoms with E-state index in [0.29, 0.717) is 0 Å². The highest BCUT2D eigenvalue weighted by Crippen LogP contribution is 2.52. The molecule has 0 aromatic heterocycles. The smallest absolute Gasteiger partial charge is 0.324 e. The summed E-state index contributed by atoms with van der Waals surface area (Å²) in [7, 11) is 0. The summed E-state index contributed by atoms with van der Waals surface area (Å²) < 4.78 is 0. The summed E-state index contributed by atoms with van der Waals surface area (Å²) in [4.78, 5) is 40.7. The Morgan fingerprint density at radius 3 is 2.38 bits per heavy atom. The van der Waals surface area contributed by atoms with Crippen LogP contribution in [0.5, 0.6) is 11.5 Å². The second kappa shape index (κ2) is 7.94. The molecule has 2 aromatic carbocycles. The molecule has 2 saturated heterocycles. The molecular weight excluding hydrogens is 412 g/mol. The Balaban J connectivity index is 1.82. The van der Waals surface area contributed by atoms with Crippen molar-refractivity contribution in [1.82, 2.24) is 10.2 Å². The van der Waals surface area contributed by atoms with Crippen molar-refractivity contribution in [2.45, 2.75) is 38.4 Å². The van der Waals surface area contributed by atoms with E-state index in [-0.39, 0.29) is 35.9 Å². The molecule has 8 heteroatoms. The number of hydrogen-bond acceptors (Lipinski definition) is 6. The fraction of sp³-hybridized carbons (Fsp3) is 0.375. The number of rotatable bonds is 6. The van der Waals surface area contributed by atoms with Gasteiger partial charge < -0.3 is 15.3 Å². The standard InChI is InChI=1S/C24H26N2O6/c1-13(2)11-24(23(31)32)19-18(20(25-24)16-9-8-15(27)10-17(16)28)21(29)26(22(19)30)12-14-6-4-3-5-7-14/h3-10,13,18-20,25,27-28H,11-12H2,1-2H3,(H,31,32)/t18-,19+,20+,24-/m0/s1. The number of nitrogens with zero attached hydrogens (tertiary/aromatic N) is 1. The number of phenolic OH excluding ortho intramolecular Hbond substituents is 2. The van der Waals surface area contributed by atoms with Gasteiger partial charge in [0, 0.05) is 17.7 Å². The maximum atomic E-state index is 13.5. The normalized spacial score (nSPS) is 27.2. The van der Waals surface area contributed by atoms with Crippen molar-refractivity contribution in [1.29, 1.82) is 0 Å². The van der Waals surface area contributed by atoms with Crippen LogP contribution in [0.25, 0.3) is 0 Å². The Morgan fingerprint density at radius 2 is 1.78 bits per heavy atom. The first-order valence-electron chi connectivity index (χ1n) is 10.6. The summed E-state index contributed by atoms with van der Waals surface area (Å²) in [6.45, 7) is 3.77. The fourth-order valence-corrected chi connectivity index (χ4v) is 5.16. The topological polar surface area (TPSA) is 127 Å². The second-order valence-electron chi connectivity index (χ2n) is 8.99. The van der Waals surface area contributed by atoms with Crippen LogP contribution in [0.2, 0.25) is 0 Å². The lowest BCUT2D eigenvalue weighted by molar-refractivity contribution is -0.152. The van der Waals surface area contributed by atoms with Crippen molar-refractivity contribution < 1.29 is 29.7 Å². The van der Waals surface area contributed by atoms with E-state index in [2.05, 4.69) is 5.32 Å². The number of aromatic hydroxyl groups is 2. The first-order chi connectivity index (χ1) is 15.2. The molecule has 32 heavy (non-hydrogen) atoms. The van der Waals surface area contributed by atoms with Crippen molar-refractivity contribution in [3.63, 3.8) is 0 Å². The summed E-state index contributed by atoms with van der Waals surface area (Å²) >= 11 is 0. The van der Waals surface area contributed by atoms with Crippen LogP contribution >= 0.6 is 0 Å². The Labute approximate surface area is 185 Å². The number of likely N-dealkylation sites (tertiary alicyclic amines) is 1. The molecule has 4 N–H and O–H groups in total. The van der Waals surface area contributed by atoms with Crippen molar-refractivity contribution in [3.8, 4) is 11.5 Å². The van der Waals surface area contributed by atoms with E-state index in [4.69, 9.17) is 0 Å². The monoisotopic (exact) mass is 438 g/mol. The van der Waals surface area contributed by atoms with Gasteiger partial charge in [-0.05, 0) is 24.0 Å². The molecule has 0 bridgehead atoms. The number of fused-ring (bicyclic) bond motifs is 1. The van der Waals surface area contributed by atoms with Gasteiger partial charge in [0.25, 0.3) is 0 Å². The van der Waals surface area contributed by atoms with Crippen LogP contribution in [0, 0.1) is 17.8 Å². The summed E-state index contributed by atoms with van der Waals surface area (Å²) in [5.41, 5.74) is -0.630. The highest BCUT2D eigenvalue weighted by molar-refractivity contribution is 6.09. The summed E-state index contributed by atoms with van der Waals surface area (Å²) in [5.74, 6) is -4.81. The zero-order valence-electron chi connectivity index (χ0n) is 17.9. The number of carbonyl (C=O) groups excluding carboxylic acids is 2. The van der Waals surface area contributed by atoms with Crippen molar-refractivity contribution in [3.05, 3.63) is 59.7 Å². The molecule has 4 atom stereocenters. The van der Waals surface area contributed by atoms with Gasteiger partial charge in [-0.15, -0.1) is 0 Å². The molecule has 4 rings (SSSR count). The minimum atomic E-state index is -1.66. The van der Waals surface area contributed by atoms with Gasteiger partial charge in [-0.25, -0.2) is 0 Å². The minimum absolute atomic E-state index is 0.0527. The van der Waals surface area contributed by atoms with Crippen molar-refractivity contribution in [2.75, 3.05) is 0 Å². The Bertz CT molecular complexity index is 1070. The predicted molar refractivity (Wildman–Crippen MR) is 114 cm³/mol. The van der Waals surface area contributed by atoms with Crippen LogP contribution in [0.3, 0.4) is 0 Å². The average Bonchev–Trinajstić information content (AvgIpc) is 3.18. The minimum Gasteiger partial charge on any atom is -0.508 e. The van der Waals surface area contributed by atoms with Crippen LogP contribution < -0.4 is 5.32 Å². The van der Waals surface area contributed by atoms with Gasteiger partial charge in [0.05, 0.1) is 18.4 Å². The van der Waals surface area contributed by atoms with E-state index < -0.39 is 41.2 Å². The quantitative estimate of drug-likeness (QED) is 0.510. The summed E-state index contributed by atoms with van der Waals surface area (Å²) in [6, 6.07) is 12.1. The number of hydrogen-bond donors (Lipinski definition) is 4. The zero-order valence-corrected chi connectivity index (χ0v) is 17.9. The Morgan fingerprint density at radius 1 is 1.09 bits per heavy atom. The zero-order chi connectivity index (χ0) is 23.2. The molecule has 2 aromatic rings. The van der Waals surface area contributed by atoms with Crippen LogP contribution in [0.1, 0.15) is 37.4 Å². The lowest BCUT2D eigenvalue weighted by Gasteiger charge is -2.32. The van der Waals surface area contributed by atoms with Crippen LogP contribution in [-0.4, -0.2) is 43.5 Å². The number of aliphatic carboxylic acids is 1. The molecule has 0 saturated carbocycles. The number of benzene rings is 2. The van der Waals surface area contributed by atoms with E-state index >= 15 is 0 Å². The molecule has 2 amide bonds. The molecule has 2 aliphatic heterocycles. The molecule has 0 aliphatic carbocycles. The molecule has 0 spiro atoms. The van der Waals surface area contributed by atoms with Gasteiger partial charge in [0.2, 0.25) is 11.8 Å². The third-order valence-corrected chi connectivity index (χ3v) is 6.39. The first kappa shape index (κ1) is 21.8. The molecular formula is C24H26N2O6.